The Morgan fingerprint density at radius 3 is 2.43 bits per heavy atom. The highest BCUT2D eigenvalue weighted by Gasteiger charge is 2.31. The molecule has 0 aromatic heterocycles. The number of hydrogen-bond acceptors (Lipinski definition) is 8. The molecule has 0 radical (unpaired) electrons. The van der Waals surface area contributed by atoms with E-state index in [2.05, 4.69) is 20.1 Å². The third-order valence-electron chi connectivity index (χ3n) is 6.36. The average Bonchev–Trinajstić information content (AvgIpc) is 2.94. The first kappa shape index (κ1) is 27.1. The van der Waals surface area contributed by atoms with Crippen LogP contribution < -0.4 is 21.5 Å². The van der Waals surface area contributed by atoms with Gasteiger partial charge in [0, 0.05) is 62.6 Å². The number of amides is 1. The molecule has 2 aliphatic heterocycles. The normalized spacial score (nSPS) is 17.2. The van der Waals surface area contributed by atoms with Gasteiger partial charge in [-0.25, -0.2) is 8.42 Å². The first-order chi connectivity index (χ1) is 17.6. The van der Waals surface area contributed by atoms with E-state index in [0.717, 1.165) is 32.7 Å². The van der Waals surface area contributed by atoms with Crippen LogP contribution in [0.3, 0.4) is 0 Å². The molecule has 2 aromatic rings. The van der Waals surface area contributed by atoms with Gasteiger partial charge >= 0.3 is 0 Å². The van der Waals surface area contributed by atoms with Crippen LogP contribution in [0.2, 0.25) is 5.02 Å². The predicted molar refractivity (Wildman–Crippen MR) is 142 cm³/mol. The van der Waals surface area contributed by atoms with E-state index in [-0.39, 0.29) is 39.3 Å². The number of fused-ring (bicyclic) bond motifs is 2. The topological polar surface area (TPSA) is 164 Å². The van der Waals surface area contributed by atoms with Crippen molar-refractivity contribution in [1.29, 1.82) is 0 Å². The fourth-order valence-corrected chi connectivity index (χ4v) is 6.35. The number of guanidine groups is 1. The summed E-state index contributed by atoms with van der Waals surface area (Å²) in [6, 6.07) is 6.14. The zero-order chi connectivity index (χ0) is 26.7. The number of aliphatic hydroxyl groups excluding tert-OH is 1. The summed E-state index contributed by atoms with van der Waals surface area (Å²) in [5.41, 5.74) is 12.2. The van der Waals surface area contributed by atoms with Crippen LogP contribution >= 0.6 is 11.6 Å². The van der Waals surface area contributed by atoms with Crippen molar-refractivity contribution in [3.8, 4) is 11.5 Å². The van der Waals surface area contributed by atoms with Gasteiger partial charge in [0.05, 0.1) is 17.4 Å². The van der Waals surface area contributed by atoms with E-state index in [1.54, 1.807) is 19.1 Å². The van der Waals surface area contributed by atoms with E-state index in [4.69, 9.17) is 32.9 Å². The van der Waals surface area contributed by atoms with Crippen molar-refractivity contribution in [1.82, 2.24) is 9.80 Å². The van der Waals surface area contributed by atoms with Gasteiger partial charge in [0.1, 0.15) is 16.4 Å². The number of rotatable bonds is 7. The SMILES string of the molecule is Cc1cc(C(=O)N=C(N)N)cc2c1Oc1c(Cl)cc(NCCN3CCN(CCO)CC3)cc1CS2(=O)=O. The van der Waals surface area contributed by atoms with Gasteiger partial charge in [0.15, 0.2) is 15.8 Å². The molecule has 0 spiro atoms. The lowest BCUT2D eigenvalue weighted by atomic mass is 10.1. The molecule has 1 saturated heterocycles. The number of halogens is 1. The smallest absolute Gasteiger partial charge is 0.280 e. The molecule has 37 heavy (non-hydrogen) atoms. The van der Waals surface area contributed by atoms with Crippen LogP contribution in [0, 0.1) is 6.92 Å². The molecule has 0 bridgehead atoms. The summed E-state index contributed by atoms with van der Waals surface area (Å²) in [6.45, 7) is 7.64. The summed E-state index contributed by atoms with van der Waals surface area (Å²) in [5, 5.41) is 12.7. The molecule has 6 N–H and O–H groups in total. The lowest BCUT2D eigenvalue weighted by Crippen LogP contribution is -2.48. The Morgan fingerprint density at radius 1 is 1.11 bits per heavy atom. The minimum Gasteiger partial charge on any atom is -0.454 e. The standard InChI is InChI=1S/C24H31ClN6O5S/c1-15-10-16(23(33)29-24(26)27)12-20-21(15)36-22-17(14-37(20,34)35)11-18(13-19(22)25)28-2-3-30-4-6-31(7-5-30)8-9-32/h10-13,28,32H,2-9,14H2,1H3,(H4,26,27,29,33). The lowest BCUT2D eigenvalue weighted by molar-refractivity contribution is 0.100. The zero-order valence-corrected chi connectivity index (χ0v) is 22.1. The molecule has 2 aliphatic rings. The van der Waals surface area contributed by atoms with E-state index >= 15 is 0 Å². The maximum Gasteiger partial charge on any atom is 0.280 e. The molecule has 1 fully saturated rings. The van der Waals surface area contributed by atoms with Crippen LogP contribution in [0.1, 0.15) is 21.5 Å². The van der Waals surface area contributed by atoms with Crippen molar-refractivity contribution < 1.29 is 23.1 Å². The first-order valence-corrected chi connectivity index (χ1v) is 13.9. The molecule has 200 valence electrons. The quantitative estimate of drug-likeness (QED) is 0.290. The molecule has 2 heterocycles. The van der Waals surface area contributed by atoms with Gasteiger partial charge in [-0.05, 0) is 36.8 Å². The number of piperazine rings is 1. The van der Waals surface area contributed by atoms with Gasteiger partial charge < -0.3 is 26.6 Å². The third kappa shape index (κ3) is 6.33. The van der Waals surface area contributed by atoms with Crippen molar-refractivity contribution in [3.63, 3.8) is 0 Å². The lowest BCUT2D eigenvalue weighted by Gasteiger charge is -2.34. The Morgan fingerprint density at radius 2 is 1.78 bits per heavy atom. The summed E-state index contributed by atoms with van der Waals surface area (Å²) in [7, 11) is -3.89. The monoisotopic (exact) mass is 550 g/mol. The number of sulfone groups is 1. The van der Waals surface area contributed by atoms with Gasteiger partial charge in [-0.1, -0.05) is 11.6 Å². The molecule has 0 unspecified atom stereocenters. The van der Waals surface area contributed by atoms with Gasteiger partial charge in [-0.2, -0.15) is 4.99 Å². The second-order valence-corrected chi connectivity index (χ2v) is 11.5. The minimum atomic E-state index is -3.89. The van der Waals surface area contributed by atoms with Crippen LogP contribution in [0.25, 0.3) is 0 Å². The number of ether oxygens (including phenoxy) is 1. The summed E-state index contributed by atoms with van der Waals surface area (Å²) in [4.78, 5) is 20.3. The maximum absolute atomic E-state index is 13.4. The summed E-state index contributed by atoms with van der Waals surface area (Å²) < 4.78 is 32.7. The number of β-amino-alcohol motifs (C(OH)–C–C–N with tert-alkyl or cyclic N) is 1. The Balaban J connectivity index is 1.52. The number of aliphatic hydroxyl groups is 1. The van der Waals surface area contributed by atoms with Crippen LogP contribution in [-0.2, 0) is 15.6 Å². The Kier molecular flexibility index (Phi) is 8.24. The molecular weight excluding hydrogens is 520 g/mol. The van der Waals surface area contributed by atoms with Gasteiger partial charge in [0.25, 0.3) is 5.91 Å². The van der Waals surface area contributed by atoms with E-state index < -0.39 is 21.7 Å². The largest absolute Gasteiger partial charge is 0.454 e. The minimum absolute atomic E-state index is 0.0356. The second kappa shape index (κ2) is 11.2. The molecule has 0 aliphatic carbocycles. The van der Waals surface area contributed by atoms with Crippen molar-refractivity contribution in [2.24, 2.45) is 16.5 Å². The average molecular weight is 551 g/mol. The van der Waals surface area contributed by atoms with Crippen LogP contribution in [0.4, 0.5) is 5.69 Å². The van der Waals surface area contributed by atoms with E-state index in [9.17, 15) is 13.2 Å². The predicted octanol–water partition coefficient (Wildman–Crippen LogP) is 1.16. The number of aryl methyl sites for hydroxylation is 1. The number of benzene rings is 2. The Bertz CT molecular complexity index is 1320. The molecular formula is C24H31ClN6O5S. The maximum atomic E-state index is 13.4. The van der Waals surface area contributed by atoms with Crippen LogP contribution in [-0.4, -0.2) is 87.6 Å². The molecule has 13 heteroatoms. The number of carbonyl (C=O) groups is 1. The Hall–Kier alpha value is -2.90. The second-order valence-electron chi connectivity index (χ2n) is 9.10. The molecule has 2 aromatic carbocycles. The number of nitrogens with zero attached hydrogens (tertiary/aromatic N) is 3. The first-order valence-electron chi connectivity index (χ1n) is 11.9. The summed E-state index contributed by atoms with van der Waals surface area (Å²) in [5.74, 6) is -1.14. The fourth-order valence-electron chi connectivity index (χ4n) is 4.50. The number of carbonyl (C=O) groups excluding carboxylic acids is 1. The van der Waals surface area contributed by atoms with Crippen molar-refractivity contribution in [2.45, 2.75) is 17.6 Å². The number of aliphatic imine (C=N–C) groups is 1. The number of hydrogen-bond donors (Lipinski definition) is 4. The molecule has 1 amide bonds. The molecule has 0 saturated carbocycles. The number of anilines is 1. The number of nitrogens with one attached hydrogen (secondary N) is 1. The van der Waals surface area contributed by atoms with Gasteiger partial charge in [-0.15, -0.1) is 0 Å². The van der Waals surface area contributed by atoms with Crippen molar-refractivity contribution >= 4 is 39.0 Å². The van der Waals surface area contributed by atoms with Gasteiger partial charge in [-0.3, -0.25) is 14.6 Å². The summed E-state index contributed by atoms with van der Waals surface area (Å²) >= 11 is 6.55. The van der Waals surface area contributed by atoms with E-state index in [0.29, 0.717) is 29.9 Å². The van der Waals surface area contributed by atoms with Crippen LogP contribution in [0.5, 0.6) is 11.5 Å². The van der Waals surface area contributed by atoms with Crippen molar-refractivity contribution in [3.05, 3.63) is 46.0 Å². The van der Waals surface area contributed by atoms with Crippen molar-refractivity contribution in [2.75, 3.05) is 57.7 Å². The van der Waals surface area contributed by atoms with Crippen LogP contribution in [0.15, 0.2) is 34.2 Å². The van der Waals surface area contributed by atoms with Gasteiger partial charge in [0.2, 0.25) is 0 Å². The molecule has 11 nitrogen and oxygen atoms in total. The summed E-state index contributed by atoms with van der Waals surface area (Å²) in [6.07, 6.45) is 0. The molecule has 4 rings (SSSR count). The highest BCUT2D eigenvalue weighted by molar-refractivity contribution is 7.90. The van der Waals surface area contributed by atoms with E-state index in [1.165, 1.54) is 12.1 Å². The van der Waals surface area contributed by atoms with E-state index in [1.807, 2.05) is 0 Å². The number of nitrogens with two attached hydrogens (primary N) is 2. The highest BCUT2D eigenvalue weighted by atomic mass is 35.5. The Labute approximate surface area is 220 Å². The zero-order valence-electron chi connectivity index (χ0n) is 20.5. The fraction of sp³-hybridized carbons (Fsp3) is 0.417. The highest BCUT2D eigenvalue weighted by Crippen LogP contribution is 2.44. The third-order valence-corrected chi connectivity index (χ3v) is 8.31. The molecule has 0 atom stereocenters.